The molecule has 0 saturated heterocycles. The van der Waals surface area contributed by atoms with Crippen LogP contribution < -0.4 is 0 Å². The number of benzene rings is 2. The first-order valence-corrected chi connectivity index (χ1v) is 12.7. The number of fused-ring (bicyclic) bond motifs is 5. The fourth-order valence-corrected chi connectivity index (χ4v) is 7.82. The minimum absolute atomic E-state index is 0.420. The highest BCUT2D eigenvalue weighted by Crippen LogP contribution is 2.49. The van der Waals surface area contributed by atoms with E-state index in [1.807, 2.05) is 36.5 Å². The lowest BCUT2D eigenvalue weighted by Gasteiger charge is -2.16. The molecule has 4 aromatic rings. The lowest BCUT2D eigenvalue weighted by molar-refractivity contribution is 0.220. The van der Waals surface area contributed by atoms with E-state index in [2.05, 4.69) is 42.5 Å². The van der Waals surface area contributed by atoms with Crippen molar-refractivity contribution in [3.8, 4) is 0 Å². The Morgan fingerprint density at radius 1 is 0.889 bits per heavy atom. The fraction of sp³-hybridized carbons (Fsp3) is 0.333. The number of rotatable bonds is 8. The van der Waals surface area contributed by atoms with Crippen molar-refractivity contribution >= 4 is 59.8 Å². The molecular formula is C21H23O3PS2. The molecule has 0 aliphatic rings. The SMILES string of the molecule is CCOP(=O)(CCCc1ccc2c(c1)sc1c3ccccc3sc21)OCC. The number of hydrogen-bond acceptors (Lipinski definition) is 5. The number of thiophene rings is 2. The van der Waals surface area contributed by atoms with Gasteiger partial charge in [-0.2, -0.15) is 0 Å². The summed E-state index contributed by atoms with van der Waals surface area (Å²) in [6, 6.07) is 15.3. The van der Waals surface area contributed by atoms with Gasteiger partial charge in [0, 0.05) is 20.2 Å². The zero-order valence-corrected chi connectivity index (χ0v) is 18.1. The fourth-order valence-electron chi connectivity index (χ4n) is 3.44. The number of aryl methyl sites for hydroxylation is 1. The zero-order chi connectivity index (χ0) is 18.9. The Balaban J connectivity index is 1.55. The first-order chi connectivity index (χ1) is 13.1. The molecule has 0 N–H and O–H groups in total. The molecule has 0 aliphatic heterocycles. The summed E-state index contributed by atoms with van der Waals surface area (Å²) in [4.78, 5) is 0. The molecule has 0 saturated carbocycles. The third kappa shape index (κ3) is 3.85. The molecule has 0 aliphatic carbocycles. The van der Waals surface area contributed by atoms with E-state index in [0.29, 0.717) is 19.4 Å². The normalized spacial score (nSPS) is 12.5. The van der Waals surface area contributed by atoms with Gasteiger partial charge >= 0.3 is 7.60 Å². The van der Waals surface area contributed by atoms with Gasteiger partial charge in [-0.1, -0.05) is 30.3 Å². The maximum Gasteiger partial charge on any atom is 0.330 e. The van der Waals surface area contributed by atoms with Crippen molar-refractivity contribution in [2.24, 2.45) is 0 Å². The largest absolute Gasteiger partial charge is 0.330 e. The van der Waals surface area contributed by atoms with E-state index in [1.54, 1.807) is 0 Å². The monoisotopic (exact) mass is 418 g/mol. The number of hydrogen-bond donors (Lipinski definition) is 0. The van der Waals surface area contributed by atoms with Crippen molar-refractivity contribution in [1.82, 2.24) is 0 Å². The minimum atomic E-state index is -2.94. The summed E-state index contributed by atoms with van der Waals surface area (Å²) in [5, 5.41) is 2.70. The molecule has 6 heteroatoms. The summed E-state index contributed by atoms with van der Waals surface area (Å²) in [5.74, 6) is 0. The van der Waals surface area contributed by atoms with Gasteiger partial charge in [0.1, 0.15) is 0 Å². The summed E-state index contributed by atoms with van der Waals surface area (Å²) in [7, 11) is -2.94. The van der Waals surface area contributed by atoms with E-state index in [4.69, 9.17) is 9.05 Å². The van der Waals surface area contributed by atoms with Crippen LogP contribution in [0.3, 0.4) is 0 Å². The smallest absolute Gasteiger partial charge is 0.309 e. The van der Waals surface area contributed by atoms with Crippen LogP contribution >= 0.6 is 30.3 Å². The standard InChI is InChI=1S/C21H23O3PS2/c1-3-23-25(22,24-4-2)13-7-8-15-11-12-17-19(14-15)27-20-16-9-5-6-10-18(16)26-21(17)20/h5-6,9-12,14H,3-4,7-8,13H2,1-2H3. The maximum absolute atomic E-state index is 12.6. The summed E-state index contributed by atoms with van der Waals surface area (Å²) in [5.41, 5.74) is 1.28. The summed E-state index contributed by atoms with van der Waals surface area (Å²) >= 11 is 3.75. The van der Waals surface area contributed by atoms with Crippen LogP contribution in [-0.4, -0.2) is 19.4 Å². The average Bonchev–Trinajstić information content (AvgIpc) is 3.17. The zero-order valence-electron chi connectivity index (χ0n) is 15.6. The van der Waals surface area contributed by atoms with Crippen LogP contribution in [0.25, 0.3) is 29.6 Å². The molecule has 4 rings (SSSR count). The Labute approximate surface area is 167 Å². The van der Waals surface area contributed by atoms with Crippen molar-refractivity contribution in [3.05, 3.63) is 48.0 Å². The molecule has 0 fully saturated rings. The Bertz CT molecular complexity index is 1120. The van der Waals surface area contributed by atoms with Gasteiger partial charge in [0.25, 0.3) is 0 Å². The van der Waals surface area contributed by atoms with E-state index in [9.17, 15) is 4.57 Å². The Kier molecular flexibility index (Phi) is 5.68. The van der Waals surface area contributed by atoms with Gasteiger partial charge in [-0.3, -0.25) is 4.57 Å². The molecule has 0 spiro atoms. The van der Waals surface area contributed by atoms with E-state index < -0.39 is 7.60 Å². The van der Waals surface area contributed by atoms with E-state index in [0.717, 1.165) is 12.8 Å². The third-order valence-electron chi connectivity index (χ3n) is 4.60. The van der Waals surface area contributed by atoms with Crippen LogP contribution in [0, 0.1) is 0 Å². The molecule has 3 nitrogen and oxygen atoms in total. The highest BCUT2D eigenvalue weighted by atomic mass is 32.1. The van der Waals surface area contributed by atoms with E-state index >= 15 is 0 Å². The van der Waals surface area contributed by atoms with Gasteiger partial charge in [0.2, 0.25) is 0 Å². The topological polar surface area (TPSA) is 35.5 Å². The van der Waals surface area contributed by atoms with Crippen molar-refractivity contribution in [2.45, 2.75) is 26.7 Å². The summed E-state index contributed by atoms with van der Waals surface area (Å²) in [6.07, 6.45) is 2.15. The predicted molar refractivity (Wildman–Crippen MR) is 119 cm³/mol. The van der Waals surface area contributed by atoms with Crippen molar-refractivity contribution in [2.75, 3.05) is 19.4 Å². The molecule has 142 valence electrons. The highest BCUT2D eigenvalue weighted by molar-refractivity contribution is 7.53. The van der Waals surface area contributed by atoms with Gasteiger partial charge in [-0.25, -0.2) is 0 Å². The molecule has 0 bridgehead atoms. The molecule has 0 atom stereocenters. The quantitative estimate of drug-likeness (QED) is 0.278. The molecule has 0 unspecified atom stereocenters. The lowest BCUT2D eigenvalue weighted by atomic mass is 10.1. The molecule has 0 radical (unpaired) electrons. The van der Waals surface area contributed by atoms with Crippen LogP contribution in [0.4, 0.5) is 0 Å². The molecule has 2 heterocycles. The summed E-state index contributed by atoms with van der Waals surface area (Å²) < 4.78 is 28.8. The minimum Gasteiger partial charge on any atom is -0.309 e. The Hall–Kier alpha value is -1.23. The second-order valence-corrected chi connectivity index (χ2v) is 10.8. The second kappa shape index (κ2) is 8.02. The lowest BCUT2D eigenvalue weighted by Crippen LogP contribution is -2.01. The first-order valence-electron chi connectivity index (χ1n) is 9.34. The van der Waals surface area contributed by atoms with E-state index in [1.165, 1.54) is 35.1 Å². The van der Waals surface area contributed by atoms with E-state index in [-0.39, 0.29) is 0 Å². The Morgan fingerprint density at radius 2 is 1.56 bits per heavy atom. The molecule has 2 aromatic heterocycles. The average molecular weight is 419 g/mol. The third-order valence-corrected chi connectivity index (χ3v) is 9.29. The molecular weight excluding hydrogens is 395 g/mol. The van der Waals surface area contributed by atoms with Gasteiger partial charge in [0.05, 0.1) is 28.8 Å². The summed E-state index contributed by atoms with van der Waals surface area (Å²) in [6.45, 7) is 4.55. The van der Waals surface area contributed by atoms with Crippen LogP contribution in [-0.2, 0) is 20.0 Å². The van der Waals surface area contributed by atoms with Gasteiger partial charge in [-0.05, 0) is 44.4 Å². The second-order valence-electron chi connectivity index (χ2n) is 6.46. The van der Waals surface area contributed by atoms with Gasteiger partial charge < -0.3 is 9.05 Å². The molecule has 2 aromatic carbocycles. The highest BCUT2D eigenvalue weighted by Gasteiger charge is 2.22. The molecule has 0 amide bonds. The predicted octanol–water partition coefficient (Wildman–Crippen LogP) is 7.47. The Morgan fingerprint density at radius 3 is 2.30 bits per heavy atom. The maximum atomic E-state index is 12.6. The van der Waals surface area contributed by atoms with Crippen LogP contribution in [0.1, 0.15) is 25.8 Å². The van der Waals surface area contributed by atoms with Crippen LogP contribution in [0.15, 0.2) is 42.5 Å². The first kappa shape index (κ1) is 19.1. The van der Waals surface area contributed by atoms with Crippen molar-refractivity contribution in [1.29, 1.82) is 0 Å². The van der Waals surface area contributed by atoms with Crippen LogP contribution in [0.5, 0.6) is 0 Å². The van der Waals surface area contributed by atoms with Gasteiger partial charge in [0.15, 0.2) is 0 Å². The van der Waals surface area contributed by atoms with Gasteiger partial charge in [-0.15, -0.1) is 22.7 Å². The molecule has 27 heavy (non-hydrogen) atoms. The van der Waals surface area contributed by atoms with Crippen LogP contribution in [0.2, 0.25) is 0 Å². The van der Waals surface area contributed by atoms with Crippen molar-refractivity contribution < 1.29 is 13.6 Å². The van der Waals surface area contributed by atoms with Crippen molar-refractivity contribution in [3.63, 3.8) is 0 Å².